The first kappa shape index (κ1) is 21.1. The van der Waals surface area contributed by atoms with Crippen molar-refractivity contribution in [2.45, 2.75) is 0 Å². The first-order valence-corrected chi connectivity index (χ1v) is 12.8. The Hall–Kier alpha value is -5.90. The van der Waals surface area contributed by atoms with Crippen molar-refractivity contribution < 1.29 is 0 Å². The van der Waals surface area contributed by atoms with Gasteiger partial charge in [0.25, 0.3) is 0 Å². The maximum Gasteiger partial charge on any atom is 0.246 e. The van der Waals surface area contributed by atoms with Gasteiger partial charge in [0.1, 0.15) is 0 Å². The Morgan fingerprint density at radius 1 is 0.325 bits per heavy atom. The third-order valence-corrected chi connectivity index (χ3v) is 7.24. The Labute approximate surface area is 226 Å². The van der Waals surface area contributed by atoms with Crippen molar-refractivity contribution in [2.24, 2.45) is 30.0 Å². The van der Waals surface area contributed by atoms with E-state index in [-0.39, 0.29) is 0 Å². The normalized spacial score (nSPS) is 16.4. The van der Waals surface area contributed by atoms with Gasteiger partial charge < -0.3 is 0 Å². The van der Waals surface area contributed by atoms with Crippen LogP contribution >= 0.6 is 0 Å². The molecule has 0 saturated heterocycles. The molecule has 0 aliphatic carbocycles. The monoisotopic (exact) mass is 518 g/mol. The predicted molar refractivity (Wildman–Crippen MR) is 158 cm³/mol. The molecule has 0 radical (unpaired) electrons. The highest BCUT2D eigenvalue weighted by Gasteiger charge is 2.36. The third-order valence-electron chi connectivity index (χ3n) is 7.24. The van der Waals surface area contributed by atoms with E-state index in [9.17, 15) is 0 Å². The zero-order valence-electron chi connectivity index (χ0n) is 20.9. The molecular weight excluding hydrogens is 500 g/mol. The number of guanidine groups is 3. The van der Waals surface area contributed by atoms with Gasteiger partial charge in [0, 0.05) is 34.7 Å². The summed E-state index contributed by atoms with van der Waals surface area (Å²) in [5, 5.41) is 3.27. The zero-order chi connectivity index (χ0) is 26.2. The van der Waals surface area contributed by atoms with Gasteiger partial charge in [0.05, 0.1) is 16.6 Å². The van der Waals surface area contributed by atoms with Crippen molar-refractivity contribution >= 4 is 68.5 Å². The van der Waals surface area contributed by atoms with Gasteiger partial charge in [-0.15, -0.1) is 0 Å². The van der Waals surface area contributed by atoms with Crippen LogP contribution in [0.25, 0.3) is 32.7 Å². The van der Waals surface area contributed by atoms with E-state index in [1.165, 1.54) is 0 Å². The molecule has 0 amide bonds. The summed E-state index contributed by atoms with van der Waals surface area (Å²) < 4.78 is 5.85. The van der Waals surface area contributed by atoms with Crippen LogP contribution in [0.1, 0.15) is 0 Å². The second-order valence-electron chi connectivity index (χ2n) is 9.54. The standard InChI is InChI=1S/C30H18N10/c1-4-10-22-19(7-1)13-16-37(22)25-31-28-33-26(38-17-14-20-8-2-5-11-23(20)38)35-30-36-27(34-29(32-25)40(28)30)39-18-15-21-9-3-6-12-24(21)39/h1-18H. The van der Waals surface area contributed by atoms with Gasteiger partial charge in [0.15, 0.2) is 0 Å². The van der Waals surface area contributed by atoms with Crippen LogP contribution in [0.4, 0.5) is 0 Å². The van der Waals surface area contributed by atoms with Crippen molar-refractivity contribution in [1.29, 1.82) is 0 Å². The van der Waals surface area contributed by atoms with E-state index in [1.807, 2.05) is 105 Å². The lowest BCUT2D eigenvalue weighted by atomic mass is 10.2. The highest BCUT2D eigenvalue weighted by molar-refractivity contribution is 6.31. The molecule has 0 bridgehead atoms. The van der Waals surface area contributed by atoms with Crippen molar-refractivity contribution in [1.82, 2.24) is 18.6 Å². The lowest BCUT2D eigenvalue weighted by Crippen LogP contribution is -2.49. The summed E-state index contributed by atoms with van der Waals surface area (Å²) in [5.41, 5.74) is 2.98. The van der Waals surface area contributed by atoms with E-state index < -0.39 is 0 Å². The van der Waals surface area contributed by atoms with E-state index >= 15 is 0 Å². The van der Waals surface area contributed by atoms with Crippen LogP contribution in [0.5, 0.6) is 0 Å². The lowest BCUT2D eigenvalue weighted by molar-refractivity contribution is 0.812. The van der Waals surface area contributed by atoms with E-state index in [1.54, 1.807) is 4.90 Å². The van der Waals surface area contributed by atoms with Gasteiger partial charge >= 0.3 is 0 Å². The van der Waals surface area contributed by atoms with Gasteiger partial charge in [-0.2, -0.15) is 30.0 Å². The average molecular weight is 519 g/mol. The van der Waals surface area contributed by atoms with Crippen molar-refractivity contribution in [2.75, 3.05) is 0 Å². The van der Waals surface area contributed by atoms with E-state index in [4.69, 9.17) is 30.0 Å². The fourth-order valence-electron chi connectivity index (χ4n) is 5.35. The molecule has 0 saturated carbocycles. The molecule has 0 N–H and O–H groups in total. The number of hydrogen-bond acceptors (Lipinski definition) is 7. The summed E-state index contributed by atoms with van der Waals surface area (Å²) >= 11 is 0. The maximum absolute atomic E-state index is 4.87. The van der Waals surface area contributed by atoms with Crippen LogP contribution in [-0.2, 0) is 0 Å². The number of aromatic nitrogens is 3. The van der Waals surface area contributed by atoms with Gasteiger partial charge in [0.2, 0.25) is 35.8 Å². The maximum atomic E-state index is 4.87. The van der Waals surface area contributed by atoms with Crippen LogP contribution in [0.3, 0.4) is 0 Å². The highest BCUT2D eigenvalue weighted by Crippen LogP contribution is 2.24. The molecule has 6 heterocycles. The zero-order valence-corrected chi connectivity index (χ0v) is 20.9. The van der Waals surface area contributed by atoms with Crippen molar-refractivity contribution in [3.05, 3.63) is 110 Å². The van der Waals surface area contributed by atoms with Gasteiger partial charge in [-0.1, -0.05) is 54.6 Å². The Balaban J connectivity index is 1.28. The SMILES string of the molecule is c1ccc2c(c1)ccn2C1=NC2=NC(n3ccc4ccccc43)=NC3=NC(n4ccc5ccccc54)=NC(=N1)N23. The largest absolute Gasteiger partial charge is 0.285 e. The second kappa shape index (κ2) is 7.81. The van der Waals surface area contributed by atoms with E-state index in [2.05, 4.69) is 18.2 Å². The van der Waals surface area contributed by atoms with Crippen LogP contribution in [-0.4, -0.2) is 54.4 Å². The quantitative estimate of drug-likeness (QED) is 0.279. The van der Waals surface area contributed by atoms with Gasteiger partial charge in [-0.05, 0) is 36.4 Å². The van der Waals surface area contributed by atoms with E-state index in [0.717, 1.165) is 32.7 Å². The fraction of sp³-hybridized carbons (Fsp3) is 0. The summed E-state index contributed by atoms with van der Waals surface area (Å²) in [6.07, 6.45) is 5.88. The molecule has 0 fully saturated rings. The van der Waals surface area contributed by atoms with Crippen molar-refractivity contribution in [3.8, 4) is 0 Å². The molecule has 0 atom stereocenters. The topological polar surface area (TPSA) is 92.2 Å². The van der Waals surface area contributed by atoms with E-state index in [0.29, 0.717) is 35.8 Å². The molecule has 3 aromatic heterocycles. The molecular formula is C30H18N10. The molecule has 188 valence electrons. The molecule has 0 spiro atoms. The molecule has 3 aromatic carbocycles. The molecule has 10 nitrogen and oxygen atoms in total. The van der Waals surface area contributed by atoms with Gasteiger partial charge in [-0.3, -0.25) is 13.7 Å². The number of rotatable bonds is 0. The minimum Gasteiger partial charge on any atom is -0.285 e. The third kappa shape index (κ3) is 2.98. The first-order chi connectivity index (χ1) is 19.8. The fourth-order valence-corrected chi connectivity index (χ4v) is 5.35. The molecule has 3 aliphatic rings. The first-order valence-electron chi connectivity index (χ1n) is 12.8. The average Bonchev–Trinajstić information content (AvgIpc) is 3.73. The number of fused-ring (bicyclic) bond motifs is 3. The summed E-state index contributed by atoms with van der Waals surface area (Å²) in [6.45, 7) is 0. The second-order valence-corrected chi connectivity index (χ2v) is 9.54. The Kier molecular flexibility index (Phi) is 4.11. The minimum atomic E-state index is 0.402. The summed E-state index contributed by atoms with van der Waals surface area (Å²) in [5.74, 6) is 2.60. The smallest absolute Gasteiger partial charge is 0.246 e. The molecule has 10 heteroatoms. The Morgan fingerprint density at radius 3 is 0.975 bits per heavy atom. The number of hydrogen-bond donors (Lipinski definition) is 0. The summed E-state index contributed by atoms with van der Waals surface area (Å²) in [7, 11) is 0. The molecule has 3 aliphatic heterocycles. The van der Waals surface area contributed by atoms with Crippen LogP contribution < -0.4 is 0 Å². The van der Waals surface area contributed by atoms with Crippen molar-refractivity contribution in [3.63, 3.8) is 0 Å². The number of benzene rings is 3. The summed E-state index contributed by atoms with van der Waals surface area (Å²) in [6, 6.07) is 30.5. The lowest BCUT2D eigenvalue weighted by Gasteiger charge is -2.30. The summed E-state index contributed by atoms with van der Waals surface area (Å²) in [4.78, 5) is 30.9. The van der Waals surface area contributed by atoms with Crippen LogP contribution in [0.2, 0.25) is 0 Å². The minimum absolute atomic E-state index is 0.402. The number of para-hydroxylation sites is 3. The predicted octanol–water partition coefficient (Wildman–Crippen LogP) is 4.97. The molecule has 9 rings (SSSR count). The Bertz CT molecular complexity index is 1980. The Morgan fingerprint density at radius 2 is 0.625 bits per heavy atom. The van der Waals surface area contributed by atoms with Crippen LogP contribution in [0.15, 0.2) is 140 Å². The highest BCUT2D eigenvalue weighted by atomic mass is 15.5. The molecule has 40 heavy (non-hydrogen) atoms. The number of nitrogens with zero attached hydrogens (tertiary/aromatic N) is 10. The number of aliphatic imine (C=N–C) groups is 6. The molecule has 6 aromatic rings. The molecule has 0 unspecified atom stereocenters. The van der Waals surface area contributed by atoms with Gasteiger partial charge in [-0.25, -0.2) is 4.90 Å². The van der Waals surface area contributed by atoms with Crippen LogP contribution in [0, 0.1) is 0 Å².